The molecule has 67 valence electrons. The van der Waals surface area contributed by atoms with E-state index in [0.29, 0.717) is 10.9 Å². The van der Waals surface area contributed by atoms with Crippen LogP contribution in [0.25, 0.3) is 10.8 Å². The van der Waals surface area contributed by atoms with E-state index in [1.54, 1.807) is 12.1 Å². The van der Waals surface area contributed by atoms with E-state index in [9.17, 15) is 4.39 Å². The van der Waals surface area contributed by atoms with E-state index in [2.05, 4.69) is 22.0 Å². The highest BCUT2D eigenvalue weighted by Gasteiger charge is 2.05. The quantitative estimate of drug-likeness (QED) is 0.701. The second-order valence-corrected chi connectivity index (χ2v) is 3.67. The van der Waals surface area contributed by atoms with E-state index < -0.39 is 0 Å². The third-order valence-electron chi connectivity index (χ3n) is 1.96. The van der Waals surface area contributed by atoms with Gasteiger partial charge in [-0.3, -0.25) is 0 Å². The van der Waals surface area contributed by atoms with E-state index in [-0.39, 0.29) is 5.82 Å². The van der Waals surface area contributed by atoms with Crippen LogP contribution >= 0.6 is 15.9 Å². The Morgan fingerprint density at radius 3 is 2.86 bits per heavy atom. The van der Waals surface area contributed by atoms with Gasteiger partial charge in [0, 0.05) is 15.9 Å². The Kier molecular flexibility index (Phi) is 2.22. The molecule has 0 aliphatic rings. The molecule has 2 aromatic carbocycles. The summed E-state index contributed by atoms with van der Waals surface area (Å²) in [7, 11) is 0. The highest BCUT2D eigenvalue weighted by Crippen LogP contribution is 2.26. The molecule has 0 heterocycles. The molecule has 3 heteroatoms. The average molecular weight is 249 g/mol. The summed E-state index contributed by atoms with van der Waals surface area (Å²) >= 11 is 3.32. The van der Waals surface area contributed by atoms with Gasteiger partial charge in [-0.1, -0.05) is 22.0 Å². The van der Waals surface area contributed by atoms with Gasteiger partial charge >= 0.3 is 0 Å². The minimum atomic E-state index is -0.347. The Labute approximate surface area is 88.9 Å². The van der Waals surface area contributed by atoms with Gasteiger partial charge in [0.15, 0.2) is 0 Å². The first kappa shape index (κ1) is 9.17. The Balaban J connectivity index is 2.94. The van der Waals surface area contributed by atoms with Crippen LogP contribution < -0.4 is 0 Å². The molecule has 2 rings (SSSR count). The van der Waals surface area contributed by atoms with Gasteiger partial charge in [-0.15, -0.1) is 0 Å². The number of nitrogens with zero attached hydrogens (tertiary/aromatic N) is 1. The van der Waals surface area contributed by atoms with Crippen LogP contribution in [0.5, 0.6) is 0 Å². The molecular weight excluding hydrogens is 245 g/mol. The van der Waals surface area contributed by atoms with Gasteiger partial charge in [-0.25, -0.2) is 4.39 Å². The summed E-state index contributed by atoms with van der Waals surface area (Å²) in [6.45, 7) is 0. The molecule has 0 unspecified atom stereocenters. The highest BCUT2D eigenvalue weighted by atomic mass is 79.9. The molecule has 14 heavy (non-hydrogen) atoms. The Bertz CT molecular complexity index is 543. The van der Waals surface area contributed by atoms with Crippen molar-refractivity contribution in [3.63, 3.8) is 0 Å². The number of nitriles is 1. The normalized spacial score (nSPS) is 10.1. The van der Waals surface area contributed by atoms with Crippen LogP contribution in [0.4, 0.5) is 4.39 Å². The monoisotopic (exact) mass is 248 g/mol. The van der Waals surface area contributed by atoms with Crippen molar-refractivity contribution in [3.05, 3.63) is 46.2 Å². The van der Waals surface area contributed by atoms with Gasteiger partial charge in [0.1, 0.15) is 11.9 Å². The number of halogens is 2. The SMILES string of the molecule is N#Cc1[c]cc(Br)c2ccc(F)cc12. The largest absolute Gasteiger partial charge is 0.207 e. The number of benzene rings is 2. The standard InChI is InChI=1S/C11H4BrFN/c12-11-4-1-7(6-14)10-5-8(13)2-3-9(10)11/h2-5H. The summed E-state index contributed by atoms with van der Waals surface area (Å²) in [5.74, 6) is -0.347. The lowest BCUT2D eigenvalue weighted by atomic mass is 10.1. The summed E-state index contributed by atoms with van der Waals surface area (Å²) in [5, 5.41) is 10.2. The molecule has 0 N–H and O–H groups in total. The van der Waals surface area contributed by atoms with Crippen molar-refractivity contribution in [2.45, 2.75) is 0 Å². The lowest BCUT2D eigenvalue weighted by Gasteiger charge is -2.01. The smallest absolute Gasteiger partial charge is 0.123 e. The molecule has 1 nitrogen and oxygen atoms in total. The zero-order valence-corrected chi connectivity index (χ0v) is 8.60. The van der Waals surface area contributed by atoms with Gasteiger partial charge in [0.2, 0.25) is 0 Å². The third-order valence-corrected chi connectivity index (χ3v) is 2.62. The van der Waals surface area contributed by atoms with E-state index >= 15 is 0 Å². The molecular formula is C11H4BrFN. The van der Waals surface area contributed by atoms with Crippen molar-refractivity contribution in [2.24, 2.45) is 0 Å². The van der Waals surface area contributed by atoms with E-state index in [4.69, 9.17) is 5.26 Å². The first-order chi connectivity index (χ1) is 6.72. The lowest BCUT2D eigenvalue weighted by molar-refractivity contribution is 0.629. The molecule has 0 aliphatic heterocycles. The van der Waals surface area contributed by atoms with Crippen molar-refractivity contribution >= 4 is 26.7 Å². The highest BCUT2D eigenvalue weighted by molar-refractivity contribution is 9.10. The summed E-state index contributed by atoms with van der Waals surface area (Å²) < 4.78 is 13.8. The molecule has 0 fully saturated rings. The molecule has 0 aliphatic carbocycles. The zero-order valence-electron chi connectivity index (χ0n) is 7.01. The average Bonchev–Trinajstić information content (AvgIpc) is 2.18. The minimum absolute atomic E-state index is 0.347. The fourth-order valence-electron chi connectivity index (χ4n) is 1.32. The Morgan fingerprint density at radius 2 is 2.14 bits per heavy atom. The molecule has 0 atom stereocenters. The Hall–Kier alpha value is -1.40. The van der Waals surface area contributed by atoms with Crippen LogP contribution in [0.15, 0.2) is 28.7 Å². The lowest BCUT2D eigenvalue weighted by Crippen LogP contribution is -1.83. The van der Waals surface area contributed by atoms with Gasteiger partial charge < -0.3 is 0 Å². The third kappa shape index (κ3) is 1.38. The number of fused-ring (bicyclic) bond motifs is 1. The molecule has 2 aromatic rings. The summed E-state index contributed by atoms with van der Waals surface area (Å²) in [6, 6.07) is 10.8. The number of hydrogen-bond acceptors (Lipinski definition) is 1. The van der Waals surface area contributed by atoms with E-state index in [1.807, 2.05) is 6.07 Å². The maximum Gasteiger partial charge on any atom is 0.123 e. The predicted molar refractivity (Wildman–Crippen MR) is 55.2 cm³/mol. The topological polar surface area (TPSA) is 23.8 Å². The fourth-order valence-corrected chi connectivity index (χ4v) is 1.78. The molecule has 0 amide bonds. The molecule has 0 bridgehead atoms. The molecule has 0 saturated heterocycles. The first-order valence-electron chi connectivity index (χ1n) is 3.92. The summed E-state index contributed by atoms with van der Waals surface area (Å²) in [6.07, 6.45) is 0. The summed E-state index contributed by atoms with van der Waals surface area (Å²) in [4.78, 5) is 0. The molecule has 0 saturated carbocycles. The second kappa shape index (κ2) is 3.39. The fraction of sp³-hybridized carbons (Fsp3) is 0. The van der Waals surface area contributed by atoms with Gasteiger partial charge in [0.05, 0.1) is 5.56 Å². The van der Waals surface area contributed by atoms with Crippen LogP contribution in [0.2, 0.25) is 0 Å². The molecule has 0 aromatic heterocycles. The molecule has 0 spiro atoms. The predicted octanol–water partition coefficient (Wildman–Crippen LogP) is 3.41. The number of hydrogen-bond donors (Lipinski definition) is 0. The van der Waals surface area contributed by atoms with Crippen molar-refractivity contribution in [2.75, 3.05) is 0 Å². The van der Waals surface area contributed by atoms with Crippen molar-refractivity contribution in [1.82, 2.24) is 0 Å². The van der Waals surface area contributed by atoms with Crippen LogP contribution in [0.3, 0.4) is 0 Å². The van der Waals surface area contributed by atoms with Crippen molar-refractivity contribution in [1.29, 1.82) is 5.26 Å². The van der Waals surface area contributed by atoms with Gasteiger partial charge in [0.25, 0.3) is 0 Å². The second-order valence-electron chi connectivity index (χ2n) is 2.81. The van der Waals surface area contributed by atoms with Crippen LogP contribution in [-0.2, 0) is 0 Å². The van der Waals surface area contributed by atoms with E-state index in [1.165, 1.54) is 12.1 Å². The van der Waals surface area contributed by atoms with Crippen molar-refractivity contribution < 1.29 is 4.39 Å². The minimum Gasteiger partial charge on any atom is -0.207 e. The van der Waals surface area contributed by atoms with Gasteiger partial charge in [-0.05, 0) is 23.6 Å². The molecule has 1 radical (unpaired) electrons. The van der Waals surface area contributed by atoms with Crippen LogP contribution in [-0.4, -0.2) is 0 Å². The van der Waals surface area contributed by atoms with Crippen LogP contribution in [0, 0.1) is 23.2 Å². The zero-order chi connectivity index (χ0) is 10.1. The number of rotatable bonds is 0. The summed E-state index contributed by atoms with van der Waals surface area (Å²) in [5.41, 5.74) is 0.364. The Morgan fingerprint density at radius 1 is 1.36 bits per heavy atom. The van der Waals surface area contributed by atoms with Crippen LogP contribution in [0.1, 0.15) is 5.56 Å². The first-order valence-corrected chi connectivity index (χ1v) is 4.71. The van der Waals surface area contributed by atoms with Crippen molar-refractivity contribution in [3.8, 4) is 6.07 Å². The van der Waals surface area contributed by atoms with Gasteiger partial charge in [-0.2, -0.15) is 5.26 Å². The van der Waals surface area contributed by atoms with E-state index in [0.717, 1.165) is 9.86 Å². The maximum atomic E-state index is 12.9. The maximum absolute atomic E-state index is 12.9.